The van der Waals surface area contributed by atoms with E-state index in [0.29, 0.717) is 0 Å². The summed E-state index contributed by atoms with van der Waals surface area (Å²) in [7, 11) is 2.61. The van der Waals surface area contributed by atoms with Crippen molar-refractivity contribution in [2.45, 2.75) is 6.43 Å². The molecule has 0 atom stereocenters. The van der Waals surface area contributed by atoms with Crippen LogP contribution in [0.1, 0.15) is 22.5 Å². The van der Waals surface area contributed by atoms with Crippen molar-refractivity contribution in [1.82, 2.24) is 4.98 Å². The molecule has 0 spiro atoms. The lowest BCUT2D eigenvalue weighted by Crippen LogP contribution is -2.02. The Bertz CT molecular complexity index is 369. The number of methoxy groups -OCH3 is 2. The van der Waals surface area contributed by atoms with Crippen molar-refractivity contribution in [3.8, 4) is 11.6 Å². The highest BCUT2D eigenvalue weighted by atomic mass is 19.3. The van der Waals surface area contributed by atoms with Crippen LogP contribution in [0.15, 0.2) is 6.07 Å². The first kappa shape index (κ1) is 11.4. The van der Waals surface area contributed by atoms with E-state index in [0.717, 1.165) is 6.07 Å². The lowest BCUT2D eigenvalue weighted by atomic mass is 10.2. The van der Waals surface area contributed by atoms with Gasteiger partial charge in [-0.3, -0.25) is 4.79 Å². The highest BCUT2D eigenvalue weighted by Crippen LogP contribution is 2.31. The molecule has 0 radical (unpaired) electrons. The molecule has 1 aromatic heterocycles. The molecule has 0 bridgehead atoms. The fraction of sp³-hybridized carbons (Fsp3) is 0.333. The number of alkyl halides is 2. The van der Waals surface area contributed by atoms with E-state index in [1.807, 2.05) is 0 Å². The van der Waals surface area contributed by atoms with Crippen LogP contribution < -0.4 is 9.47 Å². The molecule has 0 unspecified atom stereocenters. The van der Waals surface area contributed by atoms with Crippen LogP contribution in [0.3, 0.4) is 0 Å². The van der Waals surface area contributed by atoms with Gasteiger partial charge in [-0.25, -0.2) is 13.8 Å². The molecule has 0 aliphatic rings. The van der Waals surface area contributed by atoms with Crippen molar-refractivity contribution in [2.24, 2.45) is 0 Å². The maximum atomic E-state index is 12.5. The highest BCUT2D eigenvalue weighted by Gasteiger charge is 2.18. The maximum absolute atomic E-state index is 12.5. The van der Waals surface area contributed by atoms with Crippen LogP contribution in [0.4, 0.5) is 8.78 Å². The first-order valence-electron chi connectivity index (χ1n) is 4.00. The first-order chi connectivity index (χ1) is 7.13. The van der Waals surface area contributed by atoms with Gasteiger partial charge in [0.05, 0.1) is 19.8 Å². The van der Waals surface area contributed by atoms with Crippen LogP contribution in [0, 0.1) is 0 Å². The van der Waals surface area contributed by atoms with Gasteiger partial charge in [0.2, 0.25) is 0 Å². The lowest BCUT2D eigenvalue weighted by molar-refractivity contribution is 0.110. The SMILES string of the molecule is COc1cc(C(F)F)c(C=O)nc1OC. The van der Waals surface area contributed by atoms with Gasteiger partial charge in [0.1, 0.15) is 5.69 Å². The zero-order valence-corrected chi connectivity index (χ0v) is 8.16. The van der Waals surface area contributed by atoms with E-state index in [9.17, 15) is 13.6 Å². The van der Waals surface area contributed by atoms with E-state index in [1.54, 1.807) is 0 Å². The molecule has 4 nitrogen and oxygen atoms in total. The molecule has 0 saturated carbocycles. The molecule has 0 fully saturated rings. The Labute approximate surface area is 84.8 Å². The fourth-order valence-corrected chi connectivity index (χ4v) is 1.07. The Kier molecular flexibility index (Phi) is 3.54. The number of carbonyl (C=O) groups excluding carboxylic acids is 1. The van der Waals surface area contributed by atoms with Crippen molar-refractivity contribution in [2.75, 3.05) is 14.2 Å². The van der Waals surface area contributed by atoms with E-state index < -0.39 is 12.0 Å². The van der Waals surface area contributed by atoms with Crippen LogP contribution in [0.5, 0.6) is 11.6 Å². The summed E-state index contributed by atoms with van der Waals surface area (Å²) in [4.78, 5) is 14.1. The van der Waals surface area contributed by atoms with Gasteiger partial charge in [0.15, 0.2) is 12.0 Å². The standard InChI is InChI=1S/C9H9F2NO3/c1-14-7-3-5(8(10)11)6(4-13)12-9(7)15-2/h3-4,8H,1-2H3. The zero-order valence-electron chi connectivity index (χ0n) is 8.16. The number of hydrogen-bond donors (Lipinski definition) is 0. The van der Waals surface area contributed by atoms with Crippen molar-refractivity contribution in [3.05, 3.63) is 17.3 Å². The maximum Gasteiger partial charge on any atom is 0.266 e. The van der Waals surface area contributed by atoms with E-state index in [2.05, 4.69) is 4.98 Å². The molecular weight excluding hydrogens is 208 g/mol. The Morgan fingerprint density at radius 1 is 1.40 bits per heavy atom. The molecule has 0 saturated heterocycles. The molecule has 1 aromatic rings. The Hall–Kier alpha value is -1.72. The predicted molar refractivity (Wildman–Crippen MR) is 47.7 cm³/mol. The average Bonchev–Trinajstić information content (AvgIpc) is 2.26. The number of ether oxygens (including phenoxy) is 2. The van der Waals surface area contributed by atoms with E-state index in [4.69, 9.17) is 9.47 Å². The topological polar surface area (TPSA) is 48.4 Å². The van der Waals surface area contributed by atoms with Crippen LogP contribution in [0.2, 0.25) is 0 Å². The van der Waals surface area contributed by atoms with Crippen molar-refractivity contribution >= 4 is 6.29 Å². The van der Waals surface area contributed by atoms with Gasteiger partial charge in [-0.05, 0) is 6.07 Å². The van der Waals surface area contributed by atoms with Gasteiger partial charge < -0.3 is 9.47 Å². The zero-order chi connectivity index (χ0) is 11.4. The molecule has 82 valence electrons. The summed E-state index contributed by atoms with van der Waals surface area (Å²) in [6, 6.07) is 1.04. The molecule has 1 heterocycles. The first-order valence-corrected chi connectivity index (χ1v) is 4.00. The summed E-state index contributed by atoms with van der Waals surface area (Å²) < 4.78 is 34.5. The highest BCUT2D eigenvalue weighted by molar-refractivity contribution is 5.75. The quantitative estimate of drug-likeness (QED) is 0.722. The summed E-state index contributed by atoms with van der Waals surface area (Å²) in [5.74, 6) is 0.0717. The number of hydrogen-bond acceptors (Lipinski definition) is 4. The van der Waals surface area contributed by atoms with Gasteiger partial charge in [-0.15, -0.1) is 0 Å². The van der Waals surface area contributed by atoms with Crippen molar-refractivity contribution < 1.29 is 23.0 Å². The molecule has 0 aliphatic carbocycles. The largest absolute Gasteiger partial charge is 0.491 e. The predicted octanol–water partition coefficient (Wildman–Crippen LogP) is 1.85. The molecule has 0 amide bonds. The summed E-state index contributed by atoms with van der Waals surface area (Å²) in [5, 5.41) is 0. The third-order valence-electron chi connectivity index (χ3n) is 1.78. The molecule has 6 heteroatoms. The molecule has 1 rings (SSSR count). The number of aromatic nitrogens is 1. The third kappa shape index (κ3) is 2.20. The minimum absolute atomic E-state index is 0.00370. The molecule has 0 aliphatic heterocycles. The van der Waals surface area contributed by atoms with Crippen LogP contribution >= 0.6 is 0 Å². The summed E-state index contributed by atoms with van der Waals surface area (Å²) in [5.41, 5.74) is -0.815. The number of pyridine rings is 1. The molecular formula is C9H9F2NO3. The average molecular weight is 217 g/mol. The number of aldehydes is 1. The van der Waals surface area contributed by atoms with Crippen molar-refractivity contribution in [3.63, 3.8) is 0 Å². The minimum atomic E-state index is -2.78. The summed E-state index contributed by atoms with van der Waals surface area (Å²) in [6.45, 7) is 0. The lowest BCUT2D eigenvalue weighted by Gasteiger charge is -2.09. The Balaban J connectivity index is 3.34. The van der Waals surface area contributed by atoms with Gasteiger partial charge in [0.25, 0.3) is 12.3 Å². The third-order valence-corrected chi connectivity index (χ3v) is 1.78. The number of rotatable bonds is 4. The second kappa shape index (κ2) is 4.68. The van der Waals surface area contributed by atoms with Crippen molar-refractivity contribution in [1.29, 1.82) is 0 Å². The second-order valence-corrected chi connectivity index (χ2v) is 2.59. The van der Waals surface area contributed by atoms with Gasteiger partial charge in [-0.2, -0.15) is 0 Å². The molecule has 0 N–H and O–H groups in total. The van der Waals surface area contributed by atoms with E-state index in [-0.39, 0.29) is 23.6 Å². The van der Waals surface area contributed by atoms with Crippen LogP contribution in [-0.2, 0) is 0 Å². The van der Waals surface area contributed by atoms with Gasteiger partial charge in [-0.1, -0.05) is 0 Å². The van der Waals surface area contributed by atoms with Crippen LogP contribution in [0.25, 0.3) is 0 Å². The molecule has 0 aromatic carbocycles. The Morgan fingerprint density at radius 3 is 2.47 bits per heavy atom. The normalized spacial score (nSPS) is 10.2. The van der Waals surface area contributed by atoms with Gasteiger partial charge >= 0.3 is 0 Å². The van der Waals surface area contributed by atoms with E-state index >= 15 is 0 Å². The Morgan fingerprint density at radius 2 is 2.07 bits per heavy atom. The van der Waals surface area contributed by atoms with Crippen LogP contribution in [-0.4, -0.2) is 25.5 Å². The number of carbonyl (C=O) groups is 1. The van der Waals surface area contributed by atoms with Gasteiger partial charge in [0, 0.05) is 0 Å². The number of nitrogens with zero attached hydrogens (tertiary/aromatic N) is 1. The fourth-order valence-electron chi connectivity index (χ4n) is 1.07. The summed E-state index contributed by atoms with van der Waals surface area (Å²) in [6.07, 6.45) is -2.53. The minimum Gasteiger partial charge on any atom is -0.491 e. The second-order valence-electron chi connectivity index (χ2n) is 2.59. The smallest absolute Gasteiger partial charge is 0.266 e. The summed E-state index contributed by atoms with van der Waals surface area (Å²) >= 11 is 0. The van der Waals surface area contributed by atoms with E-state index in [1.165, 1.54) is 14.2 Å². The number of halogens is 2. The monoisotopic (exact) mass is 217 g/mol. The molecule has 15 heavy (non-hydrogen) atoms.